The summed E-state index contributed by atoms with van der Waals surface area (Å²) < 4.78 is 27.9. The predicted molar refractivity (Wildman–Crippen MR) is 85.7 cm³/mol. The molecule has 0 aliphatic carbocycles. The van der Waals surface area contributed by atoms with Gasteiger partial charge in [-0.3, -0.25) is 0 Å². The molecule has 6 heteroatoms. The van der Waals surface area contributed by atoms with E-state index in [0.717, 1.165) is 23.3 Å². The van der Waals surface area contributed by atoms with Gasteiger partial charge in [0.15, 0.2) is 0 Å². The van der Waals surface area contributed by atoms with Gasteiger partial charge in [0.2, 0.25) is 10.0 Å². The molecule has 0 saturated heterocycles. The lowest BCUT2D eigenvalue weighted by Gasteiger charge is -2.16. The highest BCUT2D eigenvalue weighted by atomic mass is 32.2. The highest BCUT2D eigenvalue weighted by Crippen LogP contribution is 2.27. The van der Waals surface area contributed by atoms with Gasteiger partial charge in [-0.2, -0.15) is 0 Å². The lowest BCUT2D eigenvalue weighted by atomic mass is 10.1. The number of hydrogen-bond acceptors (Lipinski definition) is 4. The largest absolute Gasteiger partial charge is 0.315 e. The van der Waals surface area contributed by atoms with Crippen molar-refractivity contribution in [2.45, 2.75) is 58.0 Å². The van der Waals surface area contributed by atoms with E-state index in [0.29, 0.717) is 17.4 Å². The summed E-state index contributed by atoms with van der Waals surface area (Å²) in [5.41, 5.74) is 0.823. The van der Waals surface area contributed by atoms with Crippen molar-refractivity contribution in [3.05, 3.63) is 15.8 Å². The molecule has 0 fully saturated rings. The minimum absolute atomic E-state index is 0.0378. The van der Waals surface area contributed by atoms with Crippen LogP contribution in [0.4, 0.5) is 0 Å². The number of sulfonamides is 1. The molecular formula is C14H26N2O2S2. The fraction of sp³-hybridized carbons (Fsp3) is 0.714. The molecule has 116 valence electrons. The molecule has 0 spiro atoms. The highest BCUT2D eigenvalue weighted by molar-refractivity contribution is 7.89. The van der Waals surface area contributed by atoms with Crippen molar-refractivity contribution >= 4 is 21.4 Å². The van der Waals surface area contributed by atoms with Gasteiger partial charge in [0, 0.05) is 17.5 Å². The third-order valence-electron chi connectivity index (χ3n) is 3.13. The molecule has 0 aliphatic heterocycles. The summed E-state index contributed by atoms with van der Waals surface area (Å²) in [5, 5.41) is 4.92. The van der Waals surface area contributed by atoms with Gasteiger partial charge in [0.1, 0.15) is 4.90 Å². The molecular weight excluding hydrogens is 292 g/mol. The average molecular weight is 319 g/mol. The van der Waals surface area contributed by atoms with Gasteiger partial charge in [-0.15, -0.1) is 11.3 Å². The van der Waals surface area contributed by atoms with Gasteiger partial charge in [0.25, 0.3) is 0 Å². The van der Waals surface area contributed by atoms with Gasteiger partial charge >= 0.3 is 0 Å². The van der Waals surface area contributed by atoms with Gasteiger partial charge in [0.05, 0.1) is 0 Å². The van der Waals surface area contributed by atoms with Crippen LogP contribution in [0.2, 0.25) is 0 Å². The number of rotatable bonds is 8. The van der Waals surface area contributed by atoms with Crippen LogP contribution in [-0.2, 0) is 16.6 Å². The zero-order chi connectivity index (χ0) is 15.3. The second-order valence-electron chi connectivity index (χ2n) is 5.69. The van der Waals surface area contributed by atoms with Crippen molar-refractivity contribution in [2.24, 2.45) is 5.92 Å². The smallest absolute Gasteiger partial charge is 0.242 e. The first kappa shape index (κ1) is 17.6. The third-order valence-corrected chi connectivity index (χ3v) is 6.18. The second kappa shape index (κ2) is 7.54. The quantitative estimate of drug-likeness (QED) is 0.775. The maximum Gasteiger partial charge on any atom is 0.242 e. The van der Waals surface area contributed by atoms with E-state index in [9.17, 15) is 8.42 Å². The van der Waals surface area contributed by atoms with E-state index in [2.05, 4.69) is 23.9 Å². The standard InChI is InChI=1S/C14H26N2O2S2/c1-10(2)6-7-12(4)16-20(17,18)14-11(3)9-19-13(14)8-15-5/h9-10,12,15-16H,6-8H2,1-5H3. The van der Waals surface area contributed by atoms with Crippen molar-refractivity contribution in [1.29, 1.82) is 0 Å². The minimum Gasteiger partial charge on any atom is -0.315 e. The Morgan fingerprint density at radius 3 is 2.45 bits per heavy atom. The lowest BCUT2D eigenvalue weighted by molar-refractivity contribution is 0.485. The molecule has 1 atom stereocenters. The normalized spacial score (nSPS) is 13.9. The topological polar surface area (TPSA) is 58.2 Å². The van der Waals surface area contributed by atoms with Crippen molar-refractivity contribution in [2.75, 3.05) is 7.05 Å². The zero-order valence-corrected chi connectivity index (χ0v) is 14.6. The maximum absolute atomic E-state index is 12.5. The van der Waals surface area contributed by atoms with E-state index < -0.39 is 10.0 Å². The molecule has 1 unspecified atom stereocenters. The Labute approximate surface area is 127 Å². The van der Waals surface area contributed by atoms with E-state index in [1.165, 1.54) is 11.3 Å². The molecule has 0 bridgehead atoms. The van der Waals surface area contributed by atoms with Gasteiger partial charge < -0.3 is 5.32 Å². The summed E-state index contributed by atoms with van der Waals surface area (Å²) in [6, 6.07) is -0.0378. The summed E-state index contributed by atoms with van der Waals surface area (Å²) >= 11 is 1.49. The van der Waals surface area contributed by atoms with Crippen molar-refractivity contribution in [1.82, 2.24) is 10.0 Å². The van der Waals surface area contributed by atoms with Crippen LogP contribution in [0.5, 0.6) is 0 Å². The molecule has 1 aromatic heterocycles. The molecule has 1 rings (SSSR count). The second-order valence-corrected chi connectivity index (χ2v) is 8.31. The van der Waals surface area contributed by atoms with Crippen molar-refractivity contribution in [3.63, 3.8) is 0 Å². The fourth-order valence-electron chi connectivity index (χ4n) is 2.10. The first-order valence-corrected chi connectivity index (χ1v) is 9.38. The van der Waals surface area contributed by atoms with Crippen LogP contribution in [0, 0.1) is 12.8 Å². The average Bonchev–Trinajstić information content (AvgIpc) is 2.68. The molecule has 0 amide bonds. The minimum atomic E-state index is -3.43. The van der Waals surface area contributed by atoms with Crippen LogP contribution in [0.1, 0.15) is 44.1 Å². The molecule has 1 aromatic rings. The SMILES string of the molecule is CNCc1scc(C)c1S(=O)(=O)NC(C)CCC(C)C. The zero-order valence-electron chi connectivity index (χ0n) is 13.0. The summed E-state index contributed by atoms with van der Waals surface area (Å²) in [7, 11) is -1.60. The van der Waals surface area contributed by atoms with Crippen LogP contribution in [0.3, 0.4) is 0 Å². The van der Waals surface area contributed by atoms with Crippen LogP contribution < -0.4 is 10.0 Å². The van der Waals surface area contributed by atoms with Gasteiger partial charge in [-0.05, 0) is 50.6 Å². The summed E-state index contributed by atoms with van der Waals surface area (Å²) in [6.07, 6.45) is 1.89. The molecule has 20 heavy (non-hydrogen) atoms. The Balaban J connectivity index is 2.85. The monoisotopic (exact) mass is 318 g/mol. The van der Waals surface area contributed by atoms with Crippen molar-refractivity contribution < 1.29 is 8.42 Å². The predicted octanol–water partition coefficient (Wildman–Crippen LogP) is 2.88. The van der Waals surface area contributed by atoms with Crippen molar-refractivity contribution in [3.8, 4) is 0 Å². The summed E-state index contributed by atoms with van der Waals surface area (Å²) in [6.45, 7) is 8.65. The Bertz CT molecular complexity index is 521. The fourth-order valence-corrected chi connectivity index (χ4v) is 5.20. The Morgan fingerprint density at radius 1 is 1.25 bits per heavy atom. The highest BCUT2D eigenvalue weighted by Gasteiger charge is 2.24. The number of thiophene rings is 1. The molecule has 2 N–H and O–H groups in total. The molecule has 0 saturated carbocycles. The third kappa shape index (κ3) is 4.84. The molecule has 0 radical (unpaired) electrons. The maximum atomic E-state index is 12.5. The van der Waals surface area contributed by atoms with E-state index in [4.69, 9.17) is 0 Å². The Kier molecular flexibility index (Phi) is 6.64. The molecule has 0 aliphatic rings. The van der Waals surface area contributed by atoms with E-state index >= 15 is 0 Å². The molecule has 4 nitrogen and oxygen atoms in total. The number of nitrogens with one attached hydrogen (secondary N) is 2. The van der Waals surface area contributed by atoms with E-state index in [-0.39, 0.29) is 6.04 Å². The van der Waals surface area contributed by atoms with E-state index in [1.807, 2.05) is 26.3 Å². The number of aryl methyl sites for hydroxylation is 1. The van der Waals surface area contributed by atoms with Crippen LogP contribution in [0.15, 0.2) is 10.3 Å². The lowest BCUT2D eigenvalue weighted by Crippen LogP contribution is -2.33. The molecule has 0 aromatic carbocycles. The summed E-state index contributed by atoms with van der Waals surface area (Å²) in [4.78, 5) is 1.32. The van der Waals surface area contributed by atoms with Crippen LogP contribution in [0.25, 0.3) is 0 Å². The summed E-state index contributed by atoms with van der Waals surface area (Å²) in [5.74, 6) is 0.588. The molecule has 1 heterocycles. The van der Waals surface area contributed by atoms with E-state index in [1.54, 1.807) is 0 Å². The van der Waals surface area contributed by atoms with Crippen LogP contribution in [-0.4, -0.2) is 21.5 Å². The Morgan fingerprint density at radius 2 is 1.90 bits per heavy atom. The van der Waals surface area contributed by atoms with Gasteiger partial charge in [-0.25, -0.2) is 13.1 Å². The van der Waals surface area contributed by atoms with Crippen LogP contribution >= 0.6 is 11.3 Å². The first-order valence-electron chi connectivity index (χ1n) is 7.01. The Hall–Kier alpha value is -0.430. The number of hydrogen-bond donors (Lipinski definition) is 2. The van der Waals surface area contributed by atoms with Gasteiger partial charge in [-0.1, -0.05) is 13.8 Å². The first-order chi connectivity index (χ1) is 9.27.